The van der Waals surface area contributed by atoms with Crippen LogP contribution in [0.3, 0.4) is 0 Å². The van der Waals surface area contributed by atoms with Crippen molar-refractivity contribution in [2.75, 3.05) is 13.1 Å². The molecule has 4 rings (SSSR count). The molecular formula is C25H29Cl2N4OY-. The average molecular weight is 561 g/mol. The van der Waals surface area contributed by atoms with Crippen LogP contribution < -0.4 is 5.43 Å². The molecule has 1 aromatic heterocycles. The third-order valence-electron chi connectivity index (χ3n) is 5.30. The first-order valence-electron chi connectivity index (χ1n) is 11.2. The summed E-state index contributed by atoms with van der Waals surface area (Å²) in [5.74, 6) is -0.193. The minimum absolute atomic E-state index is 0. The second-order valence-electron chi connectivity index (χ2n) is 7.31. The zero-order chi connectivity index (χ0) is 23.1. The van der Waals surface area contributed by atoms with Gasteiger partial charge in [0.2, 0.25) is 0 Å². The third-order valence-corrected chi connectivity index (χ3v) is 5.84. The summed E-state index contributed by atoms with van der Waals surface area (Å²) in [6.45, 7) is 7.75. The fraction of sp³-hybridized carbons (Fsp3) is 0.360. The number of halogens is 2. The molecule has 2 aromatic carbocycles. The predicted molar refractivity (Wildman–Crippen MR) is 131 cm³/mol. The summed E-state index contributed by atoms with van der Waals surface area (Å²) in [6, 6.07) is 15.9. The van der Waals surface area contributed by atoms with Gasteiger partial charge in [-0.3, -0.25) is 10.2 Å². The van der Waals surface area contributed by atoms with E-state index < -0.39 is 0 Å². The number of amides is 1. The summed E-state index contributed by atoms with van der Waals surface area (Å²) < 4.78 is 1.75. The van der Waals surface area contributed by atoms with Gasteiger partial charge in [0.05, 0.1) is 16.4 Å². The number of nitrogens with zero attached hydrogens (tertiary/aromatic N) is 3. The maximum atomic E-state index is 13.2. The molecule has 0 saturated carbocycles. The Morgan fingerprint density at radius 3 is 2.36 bits per heavy atom. The van der Waals surface area contributed by atoms with Crippen LogP contribution >= 0.6 is 23.2 Å². The Bertz CT molecular complexity index is 1050. The quantitative estimate of drug-likeness (QED) is 0.369. The van der Waals surface area contributed by atoms with Gasteiger partial charge in [0, 0.05) is 56.4 Å². The number of aromatic nitrogens is 2. The molecule has 5 nitrogen and oxygen atoms in total. The molecule has 1 amide bonds. The van der Waals surface area contributed by atoms with Crippen molar-refractivity contribution in [2.45, 2.75) is 46.5 Å². The summed E-state index contributed by atoms with van der Waals surface area (Å²) in [7, 11) is 0. The van der Waals surface area contributed by atoms with Crippen LogP contribution in [0.2, 0.25) is 10.0 Å². The van der Waals surface area contributed by atoms with Crippen LogP contribution in [0.5, 0.6) is 0 Å². The number of benzene rings is 2. The number of piperidine rings is 1. The largest absolute Gasteiger partial charge is 0.286 e. The van der Waals surface area contributed by atoms with Crippen molar-refractivity contribution in [3.63, 3.8) is 0 Å². The molecule has 2 heterocycles. The summed E-state index contributed by atoms with van der Waals surface area (Å²) in [5, 5.41) is 7.73. The van der Waals surface area contributed by atoms with Gasteiger partial charge in [-0.25, -0.2) is 9.69 Å². The Hall–Kier alpha value is -1.24. The zero-order valence-electron chi connectivity index (χ0n) is 19.4. The van der Waals surface area contributed by atoms with Gasteiger partial charge in [0.15, 0.2) is 5.69 Å². The monoisotopic (exact) mass is 560 g/mol. The first kappa shape index (κ1) is 28.0. The van der Waals surface area contributed by atoms with E-state index in [4.69, 9.17) is 28.3 Å². The van der Waals surface area contributed by atoms with Crippen molar-refractivity contribution in [2.24, 2.45) is 0 Å². The topological polar surface area (TPSA) is 50.2 Å². The fourth-order valence-electron chi connectivity index (χ4n) is 3.84. The third kappa shape index (κ3) is 6.67. The number of nitrogens with one attached hydrogen (secondary N) is 1. The van der Waals surface area contributed by atoms with Gasteiger partial charge in [-0.15, -0.1) is 5.56 Å². The van der Waals surface area contributed by atoms with Gasteiger partial charge in [0.1, 0.15) is 0 Å². The molecular weight excluding hydrogens is 532 g/mol. The molecule has 1 aliphatic heterocycles. The SMILES string of the molecule is CC.CCc1c(C(=O)NN2CCCCC2)nn(-c2ccc(Cl)cc2Cl)c1-c1cc[c-]cc1.[Y]. The van der Waals surface area contributed by atoms with E-state index in [1.54, 1.807) is 16.8 Å². The molecule has 33 heavy (non-hydrogen) atoms. The Morgan fingerprint density at radius 2 is 1.76 bits per heavy atom. The Kier molecular flexibility index (Phi) is 11.5. The Labute approximate surface area is 231 Å². The molecule has 8 heteroatoms. The molecule has 0 bridgehead atoms. The van der Waals surface area contributed by atoms with E-state index in [0.29, 0.717) is 27.8 Å². The smallest absolute Gasteiger partial charge is 0.283 e. The van der Waals surface area contributed by atoms with E-state index in [2.05, 4.69) is 11.5 Å². The molecule has 1 N–H and O–H groups in total. The maximum absolute atomic E-state index is 13.2. The van der Waals surface area contributed by atoms with Crippen LogP contribution in [0, 0.1) is 6.07 Å². The minimum atomic E-state index is -0.193. The molecule has 1 radical (unpaired) electrons. The molecule has 0 aliphatic carbocycles. The number of carbonyl (C=O) groups is 1. The predicted octanol–water partition coefficient (Wildman–Crippen LogP) is 6.36. The van der Waals surface area contributed by atoms with Gasteiger partial charge in [0.25, 0.3) is 5.91 Å². The summed E-state index contributed by atoms with van der Waals surface area (Å²) in [5.41, 5.74) is 6.79. The van der Waals surface area contributed by atoms with Crippen LogP contribution in [0.1, 0.15) is 56.1 Å². The van der Waals surface area contributed by atoms with Crippen molar-refractivity contribution < 1.29 is 37.5 Å². The number of rotatable bonds is 5. The molecule has 0 atom stereocenters. The van der Waals surface area contributed by atoms with Crippen LogP contribution in [0.25, 0.3) is 16.9 Å². The number of carbonyl (C=O) groups excluding carboxylic acids is 1. The van der Waals surface area contributed by atoms with E-state index in [1.807, 2.05) is 56.1 Å². The maximum Gasteiger partial charge on any atom is 0.286 e. The van der Waals surface area contributed by atoms with E-state index in [9.17, 15) is 4.79 Å². The van der Waals surface area contributed by atoms with E-state index in [1.165, 1.54) is 6.42 Å². The van der Waals surface area contributed by atoms with Gasteiger partial charge in [-0.2, -0.15) is 35.4 Å². The minimum Gasteiger partial charge on any atom is -0.283 e. The summed E-state index contributed by atoms with van der Waals surface area (Å²) >= 11 is 12.6. The zero-order valence-corrected chi connectivity index (χ0v) is 23.7. The number of hydrogen-bond acceptors (Lipinski definition) is 3. The number of hydrazine groups is 1. The van der Waals surface area contributed by atoms with Crippen LogP contribution in [0.15, 0.2) is 42.5 Å². The second kappa shape index (κ2) is 13.6. The van der Waals surface area contributed by atoms with E-state index >= 15 is 0 Å². The molecule has 173 valence electrons. The Morgan fingerprint density at radius 1 is 1.09 bits per heavy atom. The standard InChI is InChI=1S/C23H23Cl2N4O.C2H6.Y/c1-2-18-21(23(30)27-28-13-7-4-8-14-28)26-29(20-12-11-17(24)15-19(20)25)22(18)16-9-5-3-6-10-16;1-2;/h5-6,9-12,15H,2,4,7-8,13-14H2,1H3,(H,27,30);1-2H3;/q-1;;. The molecule has 0 spiro atoms. The molecule has 1 fully saturated rings. The van der Waals surface area contributed by atoms with E-state index in [0.717, 1.165) is 42.8 Å². The van der Waals surface area contributed by atoms with Gasteiger partial charge in [-0.05, 0) is 37.5 Å². The van der Waals surface area contributed by atoms with Gasteiger partial charge >= 0.3 is 0 Å². The Balaban J connectivity index is 0.00000125. The molecule has 1 aliphatic rings. The molecule has 0 unspecified atom stereocenters. The van der Waals surface area contributed by atoms with Crippen molar-refractivity contribution in [1.82, 2.24) is 20.2 Å². The first-order chi connectivity index (χ1) is 15.6. The first-order valence-corrected chi connectivity index (χ1v) is 11.9. The van der Waals surface area contributed by atoms with Crippen LogP contribution in [-0.2, 0) is 39.1 Å². The fourth-order valence-corrected chi connectivity index (χ4v) is 4.33. The summed E-state index contributed by atoms with van der Waals surface area (Å²) in [4.78, 5) is 13.2. The van der Waals surface area contributed by atoms with Crippen molar-refractivity contribution in [3.8, 4) is 16.9 Å². The van der Waals surface area contributed by atoms with Gasteiger partial charge in [-0.1, -0.05) is 50.4 Å². The van der Waals surface area contributed by atoms with Crippen molar-refractivity contribution >= 4 is 29.1 Å². The average Bonchev–Trinajstić information content (AvgIpc) is 3.21. The molecule has 1 saturated heterocycles. The van der Waals surface area contributed by atoms with Crippen LogP contribution in [0.4, 0.5) is 0 Å². The van der Waals surface area contributed by atoms with Crippen molar-refractivity contribution in [3.05, 3.63) is 69.8 Å². The number of hydrogen-bond donors (Lipinski definition) is 1. The van der Waals surface area contributed by atoms with Crippen LogP contribution in [-0.4, -0.2) is 33.8 Å². The normalized spacial score (nSPS) is 13.5. The summed E-state index contributed by atoms with van der Waals surface area (Å²) in [6.07, 6.45) is 4.02. The van der Waals surface area contributed by atoms with Crippen molar-refractivity contribution in [1.29, 1.82) is 0 Å². The second-order valence-corrected chi connectivity index (χ2v) is 8.16. The van der Waals surface area contributed by atoms with E-state index in [-0.39, 0.29) is 38.6 Å². The molecule has 3 aromatic rings. The van der Waals surface area contributed by atoms with Gasteiger partial charge < -0.3 is 0 Å².